The molecule has 0 aromatic carbocycles. The van der Waals surface area contributed by atoms with Crippen LogP contribution in [0.1, 0.15) is 52.0 Å². The summed E-state index contributed by atoms with van der Waals surface area (Å²) in [4.78, 5) is 11.8. The lowest BCUT2D eigenvalue weighted by Crippen LogP contribution is -2.42. The van der Waals surface area contributed by atoms with Crippen LogP contribution in [0.25, 0.3) is 0 Å². The minimum absolute atomic E-state index is 0.214. The number of hydrogen-bond donors (Lipinski definition) is 3. The number of anilines is 1. The number of urea groups is 1. The first-order valence-corrected chi connectivity index (χ1v) is 8.23. The van der Waals surface area contributed by atoms with Crippen LogP contribution in [0.4, 0.5) is 9.93 Å². The molecule has 1 rings (SSSR count). The number of hydrogen-bond acceptors (Lipinski definition) is 5. The highest BCUT2D eigenvalue weighted by Crippen LogP contribution is 2.17. The zero-order chi connectivity index (χ0) is 15.9. The molecule has 0 aliphatic rings. The second-order valence-electron chi connectivity index (χ2n) is 5.99. The molecule has 0 aliphatic heterocycles. The van der Waals surface area contributed by atoms with Crippen LogP contribution < -0.4 is 10.6 Å². The number of amides is 2. The molecule has 1 aromatic heterocycles. The lowest BCUT2D eigenvalue weighted by atomic mass is 9.95. The molecule has 0 radical (unpaired) electrons. The Hall–Kier alpha value is -1.21. The molecule has 21 heavy (non-hydrogen) atoms. The largest absolute Gasteiger partial charge is 0.388 e. The quantitative estimate of drug-likeness (QED) is 0.688. The first kappa shape index (κ1) is 17.8. The van der Waals surface area contributed by atoms with Gasteiger partial charge >= 0.3 is 6.03 Å². The predicted molar refractivity (Wildman–Crippen MR) is 85.6 cm³/mol. The number of aromatic nitrogens is 2. The number of aryl methyl sites for hydroxylation is 1. The zero-order valence-corrected chi connectivity index (χ0v) is 14.1. The normalized spacial score (nSPS) is 14.0. The summed E-state index contributed by atoms with van der Waals surface area (Å²) in [7, 11) is 0. The van der Waals surface area contributed by atoms with Crippen LogP contribution in [0, 0.1) is 5.92 Å². The van der Waals surface area contributed by atoms with Crippen molar-refractivity contribution >= 4 is 22.5 Å². The molecule has 0 bridgehead atoms. The van der Waals surface area contributed by atoms with Gasteiger partial charge in [-0.25, -0.2) is 4.79 Å². The van der Waals surface area contributed by atoms with Crippen molar-refractivity contribution in [1.29, 1.82) is 0 Å². The van der Waals surface area contributed by atoms with E-state index in [4.69, 9.17) is 0 Å². The molecular weight excluding hydrogens is 288 g/mol. The van der Waals surface area contributed by atoms with Gasteiger partial charge in [0.15, 0.2) is 0 Å². The highest BCUT2D eigenvalue weighted by Gasteiger charge is 2.21. The van der Waals surface area contributed by atoms with Gasteiger partial charge in [0.1, 0.15) is 5.01 Å². The molecule has 7 heteroatoms. The van der Waals surface area contributed by atoms with E-state index in [0.717, 1.165) is 24.3 Å². The van der Waals surface area contributed by atoms with Crippen molar-refractivity contribution in [1.82, 2.24) is 15.5 Å². The van der Waals surface area contributed by atoms with Gasteiger partial charge in [0, 0.05) is 13.0 Å². The SMILES string of the molecule is CCCc1nnc(NC(=O)NCC(C)(O)CCC(C)C)s1. The Morgan fingerprint density at radius 2 is 2.14 bits per heavy atom. The summed E-state index contributed by atoms with van der Waals surface area (Å²) in [5.74, 6) is 0.531. The lowest BCUT2D eigenvalue weighted by molar-refractivity contribution is 0.0481. The minimum Gasteiger partial charge on any atom is -0.388 e. The summed E-state index contributed by atoms with van der Waals surface area (Å²) in [5, 5.41) is 24.8. The van der Waals surface area contributed by atoms with Gasteiger partial charge < -0.3 is 10.4 Å². The first-order chi connectivity index (χ1) is 9.82. The monoisotopic (exact) mass is 314 g/mol. The van der Waals surface area contributed by atoms with E-state index >= 15 is 0 Å². The number of carbonyl (C=O) groups is 1. The van der Waals surface area contributed by atoms with Gasteiger partial charge in [0.25, 0.3) is 0 Å². The highest BCUT2D eigenvalue weighted by atomic mass is 32.1. The summed E-state index contributed by atoms with van der Waals surface area (Å²) in [6.07, 6.45) is 3.45. The van der Waals surface area contributed by atoms with E-state index in [0.29, 0.717) is 17.5 Å². The van der Waals surface area contributed by atoms with Gasteiger partial charge in [-0.05, 0) is 32.1 Å². The van der Waals surface area contributed by atoms with Crippen molar-refractivity contribution in [3.63, 3.8) is 0 Å². The summed E-state index contributed by atoms with van der Waals surface area (Å²) in [6, 6.07) is -0.362. The topological polar surface area (TPSA) is 87.1 Å². The summed E-state index contributed by atoms with van der Waals surface area (Å²) < 4.78 is 0. The first-order valence-electron chi connectivity index (χ1n) is 7.42. The van der Waals surface area contributed by atoms with Gasteiger partial charge in [-0.15, -0.1) is 10.2 Å². The zero-order valence-electron chi connectivity index (χ0n) is 13.3. The molecule has 1 atom stereocenters. The maximum absolute atomic E-state index is 11.8. The molecule has 0 fully saturated rings. The smallest absolute Gasteiger partial charge is 0.321 e. The van der Waals surface area contributed by atoms with Gasteiger partial charge in [-0.3, -0.25) is 5.32 Å². The molecule has 6 nitrogen and oxygen atoms in total. The fourth-order valence-electron chi connectivity index (χ4n) is 1.72. The van der Waals surface area contributed by atoms with E-state index in [1.54, 1.807) is 6.92 Å². The standard InChI is InChI=1S/C14H26N4O2S/c1-5-6-11-17-18-13(21-11)16-12(19)15-9-14(4,20)8-7-10(2)3/h10,20H,5-9H2,1-4H3,(H2,15,16,18,19). The number of nitrogens with zero attached hydrogens (tertiary/aromatic N) is 2. The van der Waals surface area contributed by atoms with Crippen molar-refractivity contribution in [3.8, 4) is 0 Å². The average molecular weight is 314 g/mol. The Balaban J connectivity index is 2.35. The number of nitrogens with one attached hydrogen (secondary N) is 2. The molecule has 1 aromatic rings. The molecule has 0 spiro atoms. The van der Waals surface area contributed by atoms with Crippen molar-refractivity contribution in [2.24, 2.45) is 5.92 Å². The maximum Gasteiger partial charge on any atom is 0.321 e. The van der Waals surface area contributed by atoms with Gasteiger partial charge in [0.2, 0.25) is 5.13 Å². The van der Waals surface area contributed by atoms with E-state index in [-0.39, 0.29) is 12.6 Å². The van der Waals surface area contributed by atoms with Crippen molar-refractivity contribution in [3.05, 3.63) is 5.01 Å². The summed E-state index contributed by atoms with van der Waals surface area (Å²) in [6.45, 7) is 8.24. The van der Waals surface area contributed by atoms with Crippen molar-refractivity contribution in [2.75, 3.05) is 11.9 Å². The number of rotatable bonds is 8. The molecule has 3 N–H and O–H groups in total. The molecule has 120 valence electrons. The van der Waals surface area contributed by atoms with E-state index in [1.807, 2.05) is 0 Å². The molecule has 1 heterocycles. The Bertz CT molecular complexity index is 446. The van der Waals surface area contributed by atoms with Gasteiger partial charge in [-0.2, -0.15) is 0 Å². The van der Waals surface area contributed by atoms with Crippen LogP contribution in [0.5, 0.6) is 0 Å². The second-order valence-corrected chi connectivity index (χ2v) is 7.05. The predicted octanol–water partition coefficient (Wildman–Crippen LogP) is 2.80. The van der Waals surface area contributed by atoms with Gasteiger partial charge in [-0.1, -0.05) is 32.1 Å². The highest BCUT2D eigenvalue weighted by molar-refractivity contribution is 7.15. The lowest BCUT2D eigenvalue weighted by Gasteiger charge is -2.24. The Kier molecular flexibility index (Phi) is 7.04. The maximum atomic E-state index is 11.8. The Labute approximate surface area is 130 Å². The third kappa shape index (κ3) is 7.38. The molecule has 0 aliphatic carbocycles. The fourth-order valence-corrected chi connectivity index (χ4v) is 2.56. The van der Waals surface area contributed by atoms with E-state index < -0.39 is 5.60 Å². The van der Waals surface area contributed by atoms with Crippen LogP contribution in [0.2, 0.25) is 0 Å². The molecule has 1 unspecified atom stereocenters. The molecule has 0 saturated heterocycles. The minimum atomic E-state index is -0.893. The van der Waals surface area contributed by atoms with Crippen LogP contribution in [0.15, 0.2) is 0 Å². The molecular formula is C14H26N4O2S. The van der Waals surface area contributed by atoms with E-state index in [2.05, 4.69) is 41.6 Å². The second kappa shape index (κ2) is 8.29. The Morgan fingerprint density at radius 1 is 1.43 bits per heavy atom. The van der Waals surface area contributed by atoms with Crippen LogP contribution in [-0.2, 0) is 6.42 Å². The van der Waals surface area contributed by atoms with Crippen molar-refractivity contribution < 1.29 is 9.90 Å². The van der Waals surface area contributed by atoms with E-state index in [9.17, 15) is 9.90 Å². The third-order valence-electron chi connectivity index (χ3n) is 3.04. The molecule has 2 amide bonds. The number of aliphatic hydroxyl groups is 1. The molecule has 0 saturated carbocycles. The number of carbonyl (C=O) groups excluding carboxylic acids is 1. The fraction of sp³-hybridized carbons (Fsp3) is 0.786. The third-order valence-corrected chi connectivity index (χ3v) is 3.94. The Morgan fingerprint density at radius 3 is 2.76 bits per heavy atom. The van der Waals surface area contributed by atoms with Crippen LogP contribution in [0.3, 0.4) is 0 Å². The van der Waals surface area contributed by atoms with E-state index in [1.165, 1.54) is 11.3 Å². The van der Waals surface area contributed by atoms with Crippen molar-refractivity contribution in [2.45, 2.75) is 59.0 Å². The van der Waals surface area contributed by atoms with Gasteiger partial charge in [0.05, 0.1) is 5.60 Å². The van der Waals surface area contributed by atoms with Crippen LogP contribution >= 0.6 is 11.3 Å². The summed E-state index contributed by atoms with van der Waals surface area (Å²) in [5.41, 5.74) is -0.893. The summed E-state index contributed by atoms with van der Waals surface area (Å²) >= 11 is 1.38. The average Bonchev–Trinajstić information content (AvgIpc) is 2.82. The van der Waals surface area contributed by atoms with Crippen LogP contribution in [-0.4, -0.2) is 33.5 Å².